The Balaban J connectivity index is 1.39. The number of rotatable bonds is 6. The highest BCUT2D eigenvalue weighted by Gasteiger charge is 2.29. The molecule has 0 aliphatic carbocycles. The number of hydrogen-bond donors (Lipinski definition) is 0. The standard InChI is InChI=1S/C30H31ClN4O5/c1-18-9-20-4-5-22(31)12-24(20)25-14-30(37)35(15-21(25)16-40-18)28(13-23-17-38-7-8-39-23)29(36)11-19-3-6-26-27(10-19)33-34(2)32-26/h3-6,10,12,14-15,18,23,28H,7-9,11,13,16-17H2,1-2H3/t18?,23-,28?/m1/s1. The third-order valence-electron chi connectivity index (χ3n) is 7.56. The Morgan fingerprint density at radius 2 is 1.88 bits per heavy atom. The van der Waals surface area contributed by atoms with Crippen molar-refractivity contribution in [1.29, 1.82) is 0 Å². The molecule has 4 aromatic rings. The largest absolute Gasteiger partial charge is 0.376 e. The molecule has 3 atom stereocenters. The van der Waals surface area contributed by atoms with Crippen molar-refractivity contribution in [3.8, 4) is 11.1 Å². The zero-order valence-electron chi connectivity index (χ0n) is 22.5. The Kier molecular flexibility index (Phi) is 7.55. The maximum atomic E-state index is 13.9. The lowest BCUT2D eigenvalue weighted by Crippen LogP contribution is -2.37. The summed E-state index contributed by atoms with van der Waals surface area (Å²) in [6.45, 7) is 3.69. The lowest BCUT2D eigenvalue weighted by atomic mass is 9.92. The van der Waals surface area contributed by atoms with Crippen molar-refractivity contribution >= 4 is 28.4 Å². The van der Waals surface area contributed by atoms with Gasteiger partial charge in [-0.05, 0) is 59.9 Å². The van der Waals surface area contributed by atoms with Gasteiger partial charge in [-0.2, -0.15) is 15.0 Å². The van der Waals surface area contributed by atoms with Gasteiger partial charge in [0, 0.05) is 42.7 Å². The number of pyridine rings is 1. The van der Waals surface area contributed by atoms with E-state index in [1.54, 1.807) is 23.9 Å². The summed E-state index contributed by atoms with van der Waals surface area (Å²) in [5.41, 5.74) is 5.62. The van der Waals surface area contributed by atoms with Crippen LogP contribution in [0, 0.1) is 0 Å². The first kappa shape index (κ1) is 26.8. The molecule has 6 rings (SSSR count). The number of Topliss-reactive ketones (excluding diaryl/α,β-unsaturated/α-hetero) is 1. The molecule has 2 aromatic carbocycles. The minimum atomic E-state index is -0.747. The fourth-order valence-corrected chi connectivity index (χ4v) is 5.77. The van der Waals surface area contributed by atoms with Gasteiger partial charge < -0.3 is 18.8 Å². The number of carbonyl (C=O) groups excluding carboxylic acids is 1. The third-order valence-corrected chi connectivity index (χ3v) is 7.79. The third kappa shape index (κ3) is 5.60. The molecule has 9 nitrogen and oxygen atoms in total. The molecule has 0 saturated carbocycles. The van der Waals surface area contributed by atoms with Gasteiger partial charge >= 0.3 is 0 Å². The van der Waals surface area contributed by atoms with Crippen LogP contribution in [0.5, 0.6) is 0 Å². The van der Waals surface area contributed by atoms with Gasteiger partial charge in [0.15, 0.2) is 5.78 Å². The molecule has 10 heteroatoms. The number of halogens is 1. The van der Waals surface area contributed by atoms with Gasteiger partial charge in [-0.3, -0.25) is 9.59 Å². The number of fused-ring (bicyclic) bond motifs is 4. The SMILES string of the molecule is CC1Cc2ccc(Cl)cc2-c2cc(=O)n(C(C[C@@H]3COCCO3)C(=O)Cc3ccc4nn(C)nc4c3)cc2CO1. The number of ketones is 1. The van der Waals surface area contributed by atoms with Crippen LogP contribution in [-0.4, -0.2) is 57.4 Å². The fourth-order valence-electron chi connectivity index (χ4n) is 5.60. The second-order valence-corrected chi connectivity index (χ2v) is 11.0. The van der Waals surface area contributed by atoms with E-state index in [0.29, 0.717) is 44.3 Å². The first-order chi connectivity index (χ1) is 19.3. The summed E-state index contributed by atoms with van der Waals surface area (Å²) in [5.74, 6) is -0.0944. The predicted octanol–water partition coefficient (Wildman–Crippen LogP) is 4.07. The van der Waals surface area contributed by atoms with E-state index in [2.05, 4.69) is 10.2 Å². The van der Waals surface area contributed by atoms with E-state index in [1.807, 2.05) is 43.3 Å². The molecule has 0 spiro atoms. The molecule has 208 valence electrons. The second-order valence-electron chi connectivity index (χ2n) is 10.6. The monoisotopic (exact) mass is 562 g/mol. The molecule has 2 aliphatic rings. The minimum Gasteiger partial charge on any atom is -0.376 e. The highest BCUT2D eigenvalue weighted by molar-refractivity contribution is 6.30. The van der Waals surface area contributed by atoms with Gasteiger partial charge in [0.2, 0.25) is 0 Å². The van der Waals surface area contributed by atoms with E-state index in [4.69, 9.17) is 25.8 Å². The van der Waals surface area contributed by atoms with Crippen LogP contribution in [0.2, 0.25) is 5.02 Å². The molecule has 4 heterocycles. The Morgan fingerprint density at radius 3 is 2.70 bits per heavy atom. The molecule has 2 unspecified atom stereocenters. The number of aryl methyl sites for hydroxylation is 1. The lowest BCUT2D eigenvalue weighted by molar-refractivity contribution is -0.126. The number of nitrogens with zero attached hydrogens (tertiary/aromatic N) is 4. The van der Waals surface area contributed by atoms with Crippen molar-refractivity contribution in [1.82, 2.24) is 19.6 Å². The van der Waals surface area contributed by atoms with E-state index in [0.717, 1.165) is 38.9 Å². The molecule has 0 radical (unpaired) electrons. The normalized spacial score (nSPS) is 19.9. The first-order valence-electron chi connectivity index (χ1n) is 13.5. The molecule has 2 aromatic heterocycles. The lowest BCUT2D eigenvalue weighted by Gasteiger charge is -2.29. The molecular weight excluding hydrogens is 532 g/mol. The topological polar surface area (TPSA) is 97.5 Å². The van der Waals surface area contributed by atoms with E-state index in [-0.39, 0.29) is 30.0 Å². The van der Waals surface area contributed by atoms with Crippen LogP contribution in [0.4, 0.5) is 0 Å². The summed E-state index contributed by atoms with van der Waals surface area (Å²) in [5, 5.41) is 9.28. The van der Waals surface area contributed by atoms with Gasteiger partial charge in [-0.15, -0.1) is 0 Å². The van der Waals surface area contributed by atoms with Crippen molar-refractivity contribution in [3.05, 3.63) is 80.7 Å². The van der Waals surface area contributed by atoms with Crippen molar-refractivity contribution in [2.45, 2.75) is 51.0 Å². The molecule has 0 N–H and O–H groups in total. The van der Waals surface area contributed by atoms with Crippen molar-refractivity contribution in [2.75, 3.05) is 19.8 Å². The van der Waals surface area contributed by atoms with Gasteiger partial charge in [0.1, 0.15) is 11.0 Å². The van der Waals surface area contributed by atoms with E-state index in [9.17, 15) is 9.59 Å². The van der Waals surface area contributed by atoms with Gasteiger partial charge in [-0.25, -0.2) is 0 Å². The van der Waals surface area contributed by atoms with Gasteiger partial charge in [-0.1, -0.05) is 23.7 Å². The molecule has 0 bridgehead atoms. The molecular formula is C30H31ClN4O5. The number of aromatic nitrogens is 4. The Morgan fingerprint density at radius 1 is 1.05 bits per heavy atom. The van der Waals surface area contributed by atoms with Gasteiger partial charge in [0.25, 0.3) is 5.56 Å². The second kappa shape index (κ2) is 11.2. The minimum absolute atomic E-state index is 0.0188. The number of carbonyl (C=O) groups is 1. The maximum Gasteiger partial charge on any atom is 0.251 e. The number of ether oxygens (including phenoxy) is 3. The molecule has 1 saturated heterocycles. The Labute approximate surface area is 236 Å². The van der Waals surface area contributed by atoms with Crippen LogP contribution in [0.25, 0.3) is 22.2 Å². The molecule has 40 heavy (non-hydrogen) atoms. The quantitative estimate of drug-likeness (QED) is 0.349. The van der Waals surface area contributed by atoms with Crippen LogP contribution in [-0.2, 0) is 45.5 Å². The van der Waals surface area contributed by atoms with Crippen molar-refractivity contribution in [3.63, 3.8) is 0 Å². The van der Waals surface area contributed by atoms with Crippen LogP contribution in [0.15, 0.2) is 53.5 Å². The molecule has 2 aliphatic heterocycles. The molecule has 1 fully saturated rings. The predicted molar refractivity (Wildman–Crippen MR) is 151 cm³/mol. The summed E-state index contributed by atoms with van der Waals surface area (Å²) in [6, 6.07) is 12.2. The summed E-state index contributed by atoms with van der Waals surface area (Å²) in [7, 11) is 1.76. The summed E-state index contributed by atoms with van der Waals surface area (Å²) in [6.07, 6.45) is 2.64. The maximum absolute atomic E-state index is 13.9. The zero-order chi connectivity index (χ0) is 27.8. The number of benzene rings is 2. The highest BCUT2D eigenvalue weighted by atomic mass is 35.5. The van der Waals surface area contributed by atoms with Crippen molar-refractivity contribution in [2.24, 2.45) is 7.05 Å². The van der Waals surface area contributed by atoms with Crippen LogP contribution in [0.1, 0.15) is 36.1 Å². The van der Waals surface area contributed by atoms with E-state index in [1.165, 1.54) is 4.80 Å². The zero-order valence-corrected chi connectivity index (χ0v) is 23.3. The summed E-state index contributed by atoms with van der Waals surface area (Å²) >= 11 is 6.37. The van der Waals surface area contributed by atoms with Crippen LogP contribution >= 0.6 is 11.6 Å². The Bertz CT molecular complexity index is 1620. The summed E-state index contributed by atoms with van der Waals surface area (Å²) < 4.78 is 19.2. The number of hydrogen-bond acceptors (Lipinski definition) is 7. The van der Waals surface area contributed by atoms with Gasteiger partial charge in [0.05, 0.1) is 44.7 Å². The van der Waals surface area contributed by atoms with Crippen molar-refractivity contribution < 1.29 is 19.0 Å². The van der Waals surface area contributed by atoms with Crippen LogP contribution in [0.3, 0.4) is 0 Å². The molecule has 0 amide bonds. The van der Waals surface area contributed by atoms with E-state index < -0.39 is 6.04 Å². The average Bonchev–Trinajstić information content (AvgIpc) is 3.31. The first-order valence-corrected chi connectivity index (χ1v) is 13.9. The van der Waals surface area contributed by atoms with Crippen LogP contribution < -0.4 is 5.56 Å². The Hall–Kier alpha value is -3.37. The van der Waals surface area contributed by atoms with E-state index >= 15 is 0 Å². The summed E-state index contributed by atoms with van der Waals surface area (Å²) in [4.78, 5) is 29.1. The highest BCUT2D eigenvalue weighted by Crippen LogP contribution is 2.33. The average molecular weight is 563 g/mol. The fraction of sp³-hybridized carbons (Fsp3) is 0.400. The smallest absolute Gasteiger partial charge is 0.251 e.